The quantitative estimate of drug-likeness (QED) is 0.132. The van der Waals surface area contributed by atoms with Gasteiger partial charge < -0.3 is 19.2 Å². The molecule has 0 atom stereocenters. The van der Waals surface area contributed by atoms with Crippen molar-refractivity contribution in [3.8, 4) is 46.2 Å². The zero-order chi connectivity index (χ0) is 48.7. The van der Waals surface area contributed by atoms with E-state index in [1.165, 1.54) is 22.7 Å². The molecule has 0 saturated carbocycles. The Hall–Kier alpha value is -9.19. The van der Waals surface area contributed by atoms with Gasteiger partial charge in [-0.2, -0.15) is 10.5 Å². The molecule has 4 heterocycles. The Morgan fingerprint density at radius 3 is 1.01 bits per heavy atom. The van der Waals surface area contributed by atoms with Gasteiger partial charge in [-0.3, -0.25) is 0 Å². The van der Waals surface area contributed by atoms with E-state index < -0.39 is 13.7 Å². The second-order valence-electron chi connectivity index (χ2n) is 17.4. The average Bonchev–Trinajstić information content (AvgIpc) is 4.21. The van der Waals surface area contributed by atoms with Crippen molar-refractivity contribution in [3.05, 3.63) is 239 Å². The zero-order valence-electron chi connectivity index (χ0n) is 38.3. The number of hydrogen-bond donors (Lipinski definition) is 2. The average molecular weight is 961 g/mol. The number of phenols is 2. The van der Waals surface area contributed by atoms with E-state index in [1.807, 2.05) is 146 Å². The highest BCUT2D eigenvalue weighted by atomic mass is 32.1. The predicted octanol–water partition coefficient (Wildman–Crippen LogP) is 9.16. The smallest absolute Gasteiger partial charge is 0.328 e. The monoisotopic (exact) mass is 960 g/mol. The number of rotatable bonds is 10. The van der Waals surface area contributed by atoms with E-state index in [-0.39, 0.29) is 11.5 Å². The minimum absolute atomic E-state index is 0.0873. The molecule has 12 aromatic rings. The largest absolute Gasteiger partial charge is 0.508 e. The predicted molar refractivity (Wildman–Crippen MR) is 295 cm³/mol. The van der Waals surface area contributed by atoms with Crippen LogP contribution in [-0.4, -0.2) is 42.8 Å². The van der Waals surface area contributed by atoms with Crippen molar-refractivity contribution in [2.75, 3.05) is 0 Å². The maximum absolute atomic E-state index is 12.1. The molecule has 0 radical (unpaired) electrons. The summed E-state index contributed by atoms with van der Waals surface area (Å²) in [5, 5.41) is 49.7. The molecule has 338 valence electrons. The van der Waals surface area contributed by atoms with Crippen molar-refractivity contribution in [2.45, 2.75) is 0 Å². The van der Waals surface area contributed by atoms with Gasteiger partial charge in [-0.1, -0.05) is 167 Å². The van der Waals surface area contributed by atoms with Crippen LogP contribution in [0.4, 0.5) is 0 Å². The molecular formula is C60H38B2N6O2S2. The first-order chi connectivity index (χ1) is 35.5. The maximum Gasteiger partial charge on any atom is 0.328 e. The molecule has 0 aliphatic rings. The van der Waals surface area contributed by atoms with Crippen LogP contribution in [0.2, 0.25) is 0 Å². The third-order valence-corrected chi connectivity index (χ3v) is 15.2. The normalized spacial score (nSPS) is 12.1. The summed E-state index contributed by atoms with van der Waals surface area (Å²) in [6.45, 7) is -1.12. The lowest BCUT2D eigenvalue weighted by Gasteiger charge is -2.24. The van der Waals surface area contributed by atoms with E-state index in [1.54, 1.807) is 24.3 Å². The molecule has 12 heteroatoms. The molecule has 12 rings (SSSR count). The van der Waals surface area contributed by atoms with E-state index in [2.05, 4.69) is 69.6 Å². The van der Waals surface area contributed by atoms with Gasteiger partial charge in [0.25, 0.3) is 0 Å². The molecule has 0 saturated heterocycles. The van der Waals surface area contributed by atoms with Crippen LogP contribution in [0.1, 0.15) is 10.0 Å². The number of aromatic nitrogens is 4. The molecule has 0 bridgehead atoms. The third-order valence-electron chi connectivity index (χ3n) is 13.1. The second-order valence-corrected chi connectivity index (χ2v) is 19.4. The van der Waals surface area contributed by atoms with Crippen LogP contribution < -0.4 is 32.5 Å². The van der Waals surface area contributed by atoms with Gasteiger partial charge in [-0.05, 0) is 83.9 Å². The van der Waals surface area contributed by atoms with E-state index in [0.717, 1.165) is 53.4 Å². The Kier molecular flexibility index (Phi) is 11.4. The van der Waals surface area contributed by atoms with Crippen LogP contribution in [-0.2, 0) is 0 Å². The number of fused-ring (bicyclic) bond motifs is 3. The van der Waals surface area contributed by atoms with Crippen molar-refractivity contribution in [1.29, 1.82) is 10.5 Å². The molecule has 4 aromatic heterocycles. The molecule has 0 fully saturated rings. The summed E-state index contributed by atoms with van der Waals surface area (Å²) in [7, 11) is 0. The number of aromatic hydroxyl groups is 2. The number of para-hydroxylation sites is 2. The van der Waals surface area contributed by atoms with E-state index in [9.17, 15) is 20.7 Å². The number of thiazole rings is 2. The summed E-state index contributed by atoms with van der Waals surface area (Å²) in [5.41, 5.74) is 8.87. The first-order valence-corrected chi connectivity index (χ1v) is 25.0. The van der Waals surface area contributed by atoms with Gasteiger partial charge in [0.2, 0.25) is 0 Å². The van der Waals surface area contributed by atoms with E-state index in [0.29, 0.717) is 54.0 Å². The summed E-state index contributed by atoms with van der Waals surface area (Å²) in [6.07, 6.45) is 0. The van der Waals surface area contributed by atoms with Crippen molar-refractivity contribution in [2.24, 2.45) is 0 Å². The molecule has 0 spiro atoms. The summed E-state index contributed by atoms with van der Waals surface area (Å²) in [6, 6.07) is 76.6. The topological polar surface area (TPSA) is 124 Å². The molecule has 8 nitrogen and oxygen atoms in total. The fourth-order valence-electron chi connectivity index (χ4n) is 10.1. The molecule has 0 amide bonds. The van der Waals surface area contributed by atoms with Crippen molar-refractivity contribution in [1.82, 2.24) is 18.9 Å². The van der Waals surface area contributed by atoms with Crippen LogP contribution >= 0.6 is 22.7 Å². The van der Waals surface area contributed by atoms with Crippen molar-refractivity contribution >= 4 is 101 Å². The lowest BCUT2D eigenvalue weighted by molar-refractivity contribution is 0.475. The van der Waals surface area contributed by atoms with Gasteiger partial charge in [-0.25, -0.2) is 9.97 Å². The standard InChI is InChI=1S/C60H38B2N6O2S2/c63-37-47(59-65-49-25-13-15-27-51(49)71-59)57-54-53(55(39-29-33-45(69)34-30-39)67(57)61(41-17-5-1-6-18-41)42-19-7-2-8-20-42)58(48(38-64)60-66-50-26-14-16-28-52(50)72-60)68(56(54)40-31-35-46(70)36-32-40)62(43-21-9-3-10-22-43)44-23-11-4-12-24-44/h1-36,69-70H/b57-47-,58-48-. The molecule has 8 aromatic carbocycles. The van der Waals surface area contributed by atoms with Crippen LogP contribution in [0.5, 0.6) is 11.5 Å². The number of nitriles is 2. The highest BCUT2D eigenvalue weighted by Crippen LogP contribution is 2.38. The molecule has 2 N–H and O–H groups in total. The van der Waals surface area contributed by atoms with Crippen molar-refractivity contribution < 1.29 is 10.2 Å². The Morgan fingerprint density at radius 1 is 0.403 bits per heavy atom. The SMILES string of the molecule is N#C/C(c1nc2ccccc2s1)=c1\c2c(-c3ccc(O)cc3)n(B(c3ccccc3)c3ccccc3)/c(=C(/C#N)c3nc4ccccc4s3)c2c(-c2ccc(O)cc2)n1B(c1ccccc1)c1ccccc1. The summed E-state index contributed by atoms with van der Waals surface area (Å²) >= 11 is 2.91. The maximum atomic E-state index is 12.1. The second kappa shape index (κ2) is 18.6. The van der Waals surface area contributed by atoms with Crippen LogP contribution in [0.25, 0.3) is 64.9 Å². The van der Waals surface area contributed by atoms with Crippen LogP contribution in [0.3, 0.4) is 0 Å². The molecule has 0 unspecified atom stereocenters. The Morgan fingerprint density at radius 2 is 0.708 bits per heavy atom. The first-order valence-electron chi connectivity index (χ1n) is 23.4. The van der Waals surface area contributed by atoms with E-state index in [4.69, 9.17) is 9.97 Å². The van der Waals surface area contributed by atoms with Crippen LogP contribution in [0.15, 0.2) is 218 Å². The number of benzene rings is 8. The zero-order valence-corrected chi connectivity index (χ0v) is 40.0. The minimum Gasteiger partial charge on any atom is -0.508 e. The summed E-state index contributed by atoms with van der Waals surface area (Å²) in [4.78, 5) is 10.4. The lowest BCUT2D eigenvalue weighted by atomic mass is 9.50. The fourth-order valence-corrected chi connectivity index (χ4v) is 12.0. The molecular weight excluding hydrogens is 922 g/mol. The van der Waals surface area contributed by atoms with Gasteiger partial charge in [0, 0.05) is 22.2 Å². The number of phenolic OH excluding ortho intramolecular Hbond substituents is 2. The van der Waals surface area contributed by atoms with Gasteiger partial charge >= 0.3 is 13.7 Å². The van der Waals surface area contributed by atoms with Gasteiger partial charge in [0.15, 0.2) is 0 Å². The summed E-state index contributed by atoms with van der Waals surface area (Å²) < 4.78 is 6.38. The molecule has 0 aliphatic heterocycles. The van der Waals surface area contributed by atoms with Crippen molar-refractivity contribution in [3.63, 3.8) is 0 Å². The fraction of sp³-hybridized carbons (Fsp3) is 0. The molecule has 0 aliphatic carbocycles. The summed E-state index contributed by atoms with van der Waals surface area (Å²) in [5.74, 6) is 0.175. The van der Waals surface area contributed by atoms with Gasteiger partial charge in [-0.15, -0.1) is 22.7 Å². The lowest BCUT2D eigenvalue weighted by Crippen LogP contribution is -2.54. The first kappa shape index (κ1) is 44.0. The molecule has 72 heavy (non-hydrogen) atoms. The third kappa shape index (κ3) is 7.63. The Balaban J connectivity index is 1.45. The highest BCUT2D eigenvalue weighted by molar-refractivity contribution is 7.20. The highest BCUT2D eigenvalue weighted by Gasteiger charge is 2.37. The number of hydrogen-bond acceptors (Lipinski definition) is 8. The minimum atomic E-state index is -0.558. The Labute approximate surface area is 423 Å². The van der Waals surface area contributed by atoms with Gasteiger partial charge in [0.05, 0.1) is 31.1 Å². The van der Waals surface area contributed by atoms with Gasteiger partial charge in [0.1, 0.15) is 44.8 Å². The van der Waals surface area contributed by atoms with Crippen LogP contribution in [0, 0.1) is 22.7 Å². The van der Waals surface area contributed by atoms with E-state index >= 15 is 0 Å². The number of nitrogens with zero attached hydrogens (tertiary/aromatic N) is 6. The Bertz CT molecular complexity index is 3780.